The molecule has 1 aromatic carbocycles. The van der Waals surface area contributed by atoms with Crippen molar-refractivity contribution in [2.75, 3.05) is 17.2 Å². The van der Waals surface area contributed by atoms with Gasteiger partial charge in [-0.3, -0.25) is 4.79 Å². The lowest BCUT2D eigenvalue weighted by molar-refractivity contribution is -0.118. The molecule has 3 nitrogen and oxygen atoms in total. The van der Waals surface area contributed by atoms with E-state index in [2.05, 4.69) is 0 Å². The van der Waals surface area contributed by atoms with E-state index in [9.17, 15) is 4.79 Å². The number of fused-ring (bicyclic) bond motifs is 1. The number of carbonyl (C=O) groups excluding carboxylic acids is 1. The highest BCUT2D eigenvalue weighted by Gasteiger charge is 2.22. The maximum Gasteiger partial charge on any atom is 0.227 e. The summed E-state index contributed by atoms with van der Waals surface area (Å²) < 4.78 is 0. The third-order valence-electron chi connectivity index (χ3n) is 2.68. The fourth-order valence-corrected chi connectivity index (χ4v) is 2.01. The van der Waals surface area contributed by atoms with Gasteiger partial charge in [-0.05, 0) is 30.2 Å². The minimum absolute atomic E-state index is 0.132. The van der Waals surface area contributed by atoms with Gasteiger partial charge in [0.15, 0.2) is 0 Å². The number of halogens is 1. The van der Waals surface area contributed by atoms with E-state index in [0.717, 1.165) is 23.4 Å². The SMILES string of the molecule is Nc1ccc2c(c1)CCC(=O)N2C/C=C/Cl. The van der Waals surface area contributed by atoms with E-state index in [1.165, 1.54) is 5.54 Å². The molecule has 2 N–H and O–H groups in total. The second-order valence-corrected chi connectivity index (χ2v) is 4.01. The zero-order valence-electron chi connectivity index (χ0n) is 8.82. The molecule has 0 bridgehead atoms. The second kappa shape index (κ2) is 4.58. The molecular weight excluding hydrogens is 224 g/mol. The van der Waals surface area contributed by atoms with Crippen molar-refractivity contribution in [3.05, 3.63) is 35.4 Å². The quantitative estimate of drug-likeness (QED) is 0.801. The van der Waals surface area contributed by atoms with Crippen molar-refractivity contribution < 1.29 is 4.79 Å². The number of aryl methyl sites for hydroxylation is 1. The molecular formula is C12H13ClN2O. The van der Waals surface area contributed by atoms with Crippen molar-refractivity contribution >= 4 is 28.9 Å². The summed E-state index contributed by atoms with van der Waals surface area (Å²) in [6.45, 7) is 0.513. The number of anilines is 2. The monoisotopic (exact) mass is 236 g/mol. The highest BCUT2D eigenvalue weighted by Crippen LogP contribution is 2.29. The van der Waals surface area contributed by atoms with Crippen LogP contribution in [0.1, 0.15) is 12.0 Å². The summed E-state index contributed by atoms with van der Waals surface area (Å²) in [6, 6.07) is 5.64. The van der Waals surface area contributed by atoms with Crippen LogP contribution in [0.25, 0.3) is 0 Å². The fraction of sp³-hybridized carbons (Fsp3) is 0.250. The van der Waals surface area contributed by atoms with E-state index in [4.69, 9.17) is 17.3 Å². The summed E-state index contributed by atoms with van der Waals surface area (Å²) >= 11 is 5.48. The highest BCUT2D eigenvalue weighted by molar-refractivity contribution is 6.25. The molecule has 1 aromatic rings. The van der Waals surface area contributed by atoms with Crippen molar-refractivity contribution in [3.63, 3.8) is 0 Å². The maximum atomic E-state index is 11.8. The molecule has 0 aliphatic carbocycles. The summed E-state index contributed by atoms with van der Waals surface area (Å²) in [6.07, 6.45) is 3.05. The van der Waals surface area contributed by atoms with Crippen LogP contribution < -0.4 is 10.6 Å². The molecule has 0 saturated carbocycles. The average molecular weight is 237 g/mol. The molecule has 0 radical (unpaired) electrons. The van der Waals surface area contributed by atoms with E-state index in [1.807, 2.05) is 18.2 Å². The Morgan fingerprint density at radius 3 is 3.00 bits per heavy atom. The van der Waals surface area contributed by atoms with Gasteiger partial charge in [0, 0.05) is 29.9 Å². The van der Waals surface area contributed by atoms with E-state index < -0.39 is 0 Å². The Morgan fingerprint density at radius 1 is 1.44 bits per heavy atom. The molecule has 4 heteroatoms. The van der Waals surface area contributed by atoms with Crippen LogP contribution in [0.15, 0.2) is 29.8 Å². The highest BCUT2D eigenvalue weighted by atomic mass is 35.5. The molecule has 2 rings (SSSR count). The number of nitrogens with two attached hydrogens (primary N) is 1. The van der Waals surface area contributed by atoms with Gasteiger partial charge in [-0.15, -0.1) is 0 Å². The summed E-state index contributed by atoms with van der Waals surface area (Å²) in [4.78, 5) is 13.5. The van der Waals surface area contributed by atoms with Gasteiger partial charge in [0.2, 0.25) is 5.91 Å². The van der Waals surface area contributed by atoms with Gasteiger partial charge in [-0.2, -0.15) is 0 Å². The van der Waals surface area contributed by atoms with Crippen LogP contribution in [0.2, 0.25) is 0 Å². The molecule has 0 unspecified atom stereocenters. The van der Waals surface area contributed by atoms with E-state index in [1.54, 1.807) is 11.0 Å². The Balaban J connectivity index is 2.36. The molecule has 0 saturated heterocycles. The van der Waals surface area contributed by atoms with Crippen LogP contribution in [-0.4, -0.2) is 12.5 Å². The van der Waals surface area contributed by atoms with Gasteiger partial charge in [-0.25, -0.2) is 0 Å². The second-order valence-electron chi connectivity index (χ2n) is 3.75. The minimum atomic E-state index is 0.132. The summed E-state index contributed by atoms with van der Waals surface area (Å²) in [5.74, 6) is 0.132. The van der Waals surface area contributed by atoms with Gasteiger partial charge in [0.25, 0.3) is 0 Å². The van der Waals surface area contributed by atoms with Crippen molar-refractivity contribution in [1.29, 1.82) is 0 Å². The molecule has 1 amide bonds. The first-order chi connectivity index (χ1) is 7.72. The minimum Gasteiger partial charge on any atom is -0.399 e. The third-order valence-corrected chi connectivity index (χ3v) is 2.86. The first-order valence-corrected chi connectivity index (χ1v) is 5.60. The number of hydrogen-bond donors (Lipinski definition) is 1. The molecule has 1 aliphatic rings. The van der Waals surface area contributed by atoms with Crippen molar-refractivity contribution in [1.82, 2.24) is 0 Å². The normalized spacial score (nSPS) is 15.6. The first kappa shape index (κ1) is 11.0. The number of carbonyl (C=O) groups is 1. The van der Waals surface area contributed by atoms with E-state index in [-0.39, 0.29) is 5.91 Å². The number of rotatable bonds is 2. The Kier molecular flexibility index (Phi) is 3.15. The van der Waals surface area contributed by atoms with Crippen molar-refractivity contribution in [2.24, 2.45) is 0 Å². The standard InChI is InChI=1S/C12H13ClN2O/c13-6-1-7-15-11-4-3-10(14)8-9(11)2-5-12(15)16/h1,3-4,6,8H,2,5,7,14H2/b6-1+. The Morgan fingerprint density at radius 2 is 2.25 bits per heavy atom. The molecule has 16 heavy (non-hydrogen) atoms. The van der Waals surface area contributed by atoms with Crippen molar-refractivity contribution in [3.8, 4) is 0 Å². The van der Waals surface area contributed by atoms with E-state index >= 15 is 0 Å². The van der Waals surface area contributed by atoms with Gasteiger partial charge >= 0.3 is 0 Å². The summed E-state index contributed by atoms with van der Waals surface area (Å²) in [5, 5.41) is 0. The van der Waals surface area contributed by atoms with Crippen LogP contribution in [0.3, 0.4) is 0 Å². The van der Waals surface area contributed by atoms with Crippen LogP contribution in [0.4, 0.5) is 11.4 Å². The topological polar surface area (TPSA) is 46.3 Å². The predicted molar refractivity (Wildman–Crippen MR) is 66.5 cm³/mol. The number of nitrogen functional groups attached to an aromatic ring is 1. The lowest BCUT2D eigenvalue weighted by Crippen LogP contribution is -2.35. The number of amides is 1. The third kappa shape index (κ3) is 2.04. The molecule has 0 atom stereocenters. The maximum absolute atomic E-state index is 11.8. The number of nitrogens with zero attached hydrogens (tertiary/aromatic N) is 1. The summed E-state index contributed by atoms with van der Waals surface area (Å²) in [5.41, 5.74) is 9.96. The van der Waals surface area contributed by atoms with Crippen LogP contribution in [0.5, 0.6) is 0 Å². The van der Waals surface area contributed by atoms with E-state index in [0.29, 0.717) is 13.0 Å². The smallest absolute Gasteiger partial charge is 0.227 e. The molecule has 0 fully saturated rings. The lowest BCUT2D eigenvalue weighted by Gasteiger charge is -2.28. The summed E-state index contributed by atoms with van der Waals surface area (Å²) in [7, 11) is 0. The number of benzene rings is 1. The predicted octanol–water partition coefficient (Wildman–Crippen LogP) is 2.30. The molecule has 1 heterocycles. The van der Waals surface area contributed by atoms with Crippen LogP contribution in [-0.2, 0) is 11.2 Å². The zero-order chi connectivity index (χ0) is 11.5. The zero-order valence-corrected chi connectivity index (χ0v) is 9.57. The fourth-order valence-electron chi connectivity index (χ4n) is 1.93. The van der Waals surface area contributed by atoms with Gasteiger partial charge < -0.3 is 10.6 Å². The van der Waals surface area contributed by atoms with Gasteiger partial charge in [0.05, 0.1) is 0 Å². The molecule has 1 aliphatic heterocycles. The molecule has 0 spiro atoms. The van der Waals surface area contributed by atoms with Gasteiger partial charge in [-0.1, -0.05) is 17.7 Å². The first-order valence-electron chi connectivity index (χ1n) is 5.16. The van der Waals surface area contributed by atoms with Crippen LogP contribution in [0, 0.1) is 0 Å². The Hall–Kier alpha value is -1.48. The Bertz CT molecular complexity index is 443. The largest absolute Gasteiger partial charge is 0.399 e. The molecule has 84 valence electrons. The van der Waals surface area contributed by atoms with Gasteiger partial charge in [0.1, 0.15) is 0 Å². The van der Waals surface area contributed by atoms with Crippen LogP contribution >= 0.6 is 11.6 Å². The lowest BCUT2D eigenvalue weighted by atomic mass is 10.0. The molecule has 0 aromatic heterocycles. The van der Waals surface area contributed by atoms with Crippen molar-refractivity contribution in [2.45, 2.75) is 12.8 Å². The number of hydrogen-bond acceptors (Lipinski definition) is 2. The average Bonchev–Trinajstić information content (AvgIpc) is 2.28. The Labute approximate surface area is 99.5 Å².